The van der Waals surface area contributed by atoms with Gasteiger partial charge in [0.1, 0.15) is 5.75 Å². The molecule has 1 atom stereocenters. The van der Waals surface area contributed by atoms with Crippen LogP contribution < -0.4 is 10.5 Å². The van der Waals surface area contributed by atoms with Crippen LogP contribution >= 0.6 is 15.9 Å². The van der Waals surface area contributed by atoms with Gasteiger partial charge in [0.25, 0.3) is 0 Å². The van der Waals surface area contributed by atoms with Crippen molar-refractivity contribution in [3.63, 3.8) is 0 Å². The van der Waals surface area contributed by atoms with Gasteiger partial charge in [0, 0.05) is 18.3 Å². The highest BCUT2D eigenvalue weighted by molar-refractivity contribution is 9.10. The Bertz CT molecular complexity index is 538. The van der Waals surface area contributed by atoms with E-state index in [1.54, 1.807) is 6.20 Å². The molecule has 1 heterocycles. The van der Waals surface area contributed by atoms with Gasteiger partial charge in [0.15, 0.2) is 0 Å². The van der Waals surface area contributed by atoms with E-state index in [1.807, 2.05) is 44.2 Å². The molecule has 0 bridgehead atoms. The number of nitrogens with zero attached hydrogens (tertiary/aromatic N) is 1. The number of benzene rings is 1. The average molecular weight is 307 g/mol. The largest absolute Gasteiger partial charge is 0.438 e. The monoisotopic (exact) mass is 306 g/mol. The number of hydrogen-bond acceptors (Lipinski definition) is 3. The molecule has 1 aromatic heterocycles. The summed E-state index contributed by atoms with van der Waals surface area (Å²) >= 11 is 3.47. The molecule has 2 rings (SSSR count). The number of aryl methyl sites for hydroxylation is 1. The minimum Gasteiger partial charge on any atom is -0.438 e. The van der Waals surface area contributed by atoms with Crippen LogP contribution in [0.1, 0.15) is 24.1 Å². The van der Waals surface area contributed by atoms with E-state index >= 15 is 0 Å². The van der Waals surface area contributed by atoms with Crippen LogP contribution in [0.2, 0.25) is 0 Å². The fraction of sp³-hybridized carbons (Fsp3) is 0.214. The van der Waals surface area contributed by atoms with E-state index in [-0.39, 0.29) is 6.04 Å². The Balaban J connectivity index is 2.18. The summed E-state index contributed by atoms with van der Waals surface area (Å²) in [6.45, 7) is 3.96. The number of halogens is 1. The van der Waals surface area contributed by atoms with Gasteiger partial charge < -0.3 is 10.5 Å². The molecule has 2 N–H and O–H groups in total. The zero-order valence-corrected chi connectivity index (χ0v) is 11.9. The quantitative estimate of drug-likeness (QED) is 0.933. The van der Waals surface area contributed by atoms with Gasteiger partial charge in [-0.2, -0.15) is 0 Å². The number of hydrogen-bond donors (Lipinski definition) is 1. The van der Waals surface area contributed by atoms with Crippen LogP contribution in [0, 0.1) is 6.92 Å². The second-order valence-electron chi connectivity index (χ2n) is 4.25. The van der Waals surface area contributed by atoms with E-state index < -0.39 is 0 Å². The molecule has 94 valence electrons. The highest BCUT2D eigenvalue weighted by Crippen LogP contribution is 2.29. The first-order chi connectivity index (χ1) is 8.56. The molecule has 1 unspecified atom stereocenters. The fourth-order valence-corrected chi connectivity index (χ4v) is 2.10. The van der Waals surface area contributed by atoms with Gasteiger partial charge in [-0.25, -0.2) is 4.98 Å². The van der Waals surface area contributed by atoms with E-state index in [4.69, 9.17) is 10.5 Å². The van der Waals surface area contributed by atoms with E-state index in [9.17, 15) is 0 Å². The molecule has 0 saturated carbocycles. The third kappa shape index (κ3) is 3.09. The lowest BCUT2D eigenvalue weighted by atomic mass is 10.2. The Kier molecular flexibility index (Phi) is 3.99. The molecule has 0 fully saturated rings. The predicted octanol–water partition coefficient (Wildman–Crippen LogP) is 3.96. The van der Waals surface area contributed by atoms with E-state index in [1.165, 1.54) is 5.56 Å². The van der Waals surface area contributed by atoms with Crippen molar-refractivity contribution < 1.29 is 4.74 Å². The van der Waals surface area contributed by atoms with Crippen molar-refractivity contribution >= 4 is 15.9 Å². The number of rotatable bonds is 3. The van der Waals surface area contributed by atoms with Crippen molar-refractivity contribution in [1.29, 1.82) is 0 Å². The minimum absolute atomic E-state index is 0.0161. The van der Waals surface area contributed by atoms with Gasteiger partial charge in [0.05, 0.1) is 4.47 Å². The highest BCUT2D eigenvalue weighted by atomic mass is 79.9. The molecule has 0 saturated heterocycles. The van der Waals surface area contributed by atoms with Gasteiger partial charge in [-0.1, -0.05) is 12.1 Å². The lowest BCUT2D eigenvalue weighted by Gasteiger charge is -2.09. The van der Waals surface area contributed by atoms with Gasteiger partial charge in [-0.05, 0) is 53.0 Å². The molecule has 4 heteroatoms. The molecule has 0 aliphatic rings. The third-order valence-electron chi connectivity index (χ3n) is 2.59. The Morgan fingerprint density at radius 2 is 2.06 bits per heavy atom. The number of ether oxygens (including phenoxy) is 1. The van der Waals surface area contributed by atoms with Crippen molar-refractivity contribution in [1.82, 2.24) is 4.98 Å². The summed E-state index contributed by atoms with van der Waals surface area (Å²) in [5, 5.41) is 0. The zero-order chi connectivity index (χ0) is 13.1. The van der Waals surface area contributed by atoms with Crippen LogP contribution in [0.3, 0.4) is 0 Å². The van der Waals surface area contributed by atoms with E-state index in [0.717, 1.165) is 15.8 Å². The topological polar surface area (TPSA) is 48.1 Å². The Morgan fingerprint density at radius 1 is 1.28 bits per heavy atom. The summed E-state index contributed by atoms with van der Waals surface area (Å²) < 4.78 is 6.62. The molecule has 0 aliphatic heterocycles. The molecule has 0 amide bonds. The summed E-state index contributed by atoms with van der Waals surface area (Å²) in [4.78, 5) is 4.24. The Morgan fingerprint density at radius 3 is 2.61 bits per heavy atom. The lowest BCUT2D eigenvalue weighted by Crippen LogP contribution is -2.05. The average Bonchev–Trinajstić information content (AvgIpc) is 2.33. The maximum atomic E-state index is 5.77. The number of nitrogens with two attached hydrogens (primary N) is 1. The van der Waals surface area contributed by atoms with Gasteiger partial charge >= 0.3 is 0 Å². The van der Waals surface area contributed by atoms with Gasteiger partial charge in [-0.15, -0.1) is 0 Å². The van der Waals surface area contributed by atoms with Crippen LogP contribution in [-0.4, -0.2) is 4.98 Å². The first kappa shape index (κ1) is 13.1. The maximum absolute atomic E-state index is 5.77. The summed E-state index contributed by atoms with van der Waals surface area (Å²) in [7, 11) is 0. The van der Waals surface area contributed by atoms with Crippen LogP contribution in [0.15, 0.2) is 41.0 Å². The van der Waals surface area contributed by atoms with Crippen LogP contribution in [0.5, 0.6) is 11.6 Å². The maximum Gasteiger partial charge on any atom is 0.219 e. The smallest absolute Gasteiger partial charge is 0.219 e. The number of aromatic nitrogens is 1. The molecule has 3 nitrogen and oxygen atoms in total. The van der Waals surface area contributed by atoms with Gasteiger partial charge in [0.2, 0.25) is 5.88 Å². The second kappa shape index (κ2) is 5.50. The summed E-state index contributed by atoms with van der Waals surface area (Å²) in [6, 6.07) is 9.65. The molecule has 0 aliphatic carbocycles. The predicted molar refractivity (Wildman–Crippen MR) is 75.8 cm³/mol. The molecule has 18 heavy (non-hydrogen) atoms. The molecule has 1 aromatic carbocycles. The number of pyridine rings is 1. The summed E-state index contributed by atoms with van der Waals surface area (Å²) in [6.07, 6.45) is 1.74. The van der Waals surface area contributed by atoms with Crippen molar-refractivity contribution in [2.75, 3.05) is 0 Å². The summed E-state index contributed by atoms with van der Waals surface area (Å²) in [5.74, 6) is 1.31. The van der Waals surface area contributed by atoms with Gasteiger partial charge in [-0.3, -0.25) is 0 Å². The van der Waals surface area contributed by atoms with Crippen molar-refractivity contribution in [3.05, 3.63) is 52.1 Å². The van der Waals surface area contributed by atoms with Crippen molar-refractivity contribution in [2.45, 2.75) is 19.9 Å². The van der Waals surface area contributed by atoms with Crippen molar-refractivity contribution in [2.24, 2.45) is 5.73 Å². The van der Waals surface area contributed by atoms with E-state index in [2.05, 4.69) is 20.9 Å². The molecule has 0 spiro atoms. The highest BCUT2D eigenvalue weighted by Gasteiger charge is 2.05. The Hall–Kier alpha value is -1.39. The second-order valence-corrected chi connectivity index (χ2v) is 5.11. The molecule has 2 aromatic rings. The first-order valence-electron chi connectivity index (χ1n) is 5.72. The Labute approximate surface area is 115 Å². The first-order valence-corrected chi connectivity index (χ1v) is 6.51. The molecular formula is C14H15BrN2O. The lowest BCUT2D eigenvalue weighted by molar-refractivity contribution is 0.459. The van der Waals surface area contributed by atoms with E-state index in [0.29, 0.717) is 5.88 Å². The van der Waals surface area contributed by atoms with Crippen molar-refractivity contribution in [3.8, 4) is 11.6 Å². The summed E-state index contributed by atoms with van der Waals surface area (Å²) in [5.41, 5.74) is 7.94. The third-order valence-corrected chi connectivity index (χ3v) is 3.21. The van der Waals surface area contributed by atoms with Crippen LogP contribution in [0.25, 0.3) is 0 Å². The fourth-order valence-electron chi connectivity index (χ4n) is 1.52. The van der Waals surface area contributed by atoms with Crippen LogP contribution in [0.4, 0.5) is 0 Å². The minimum atomic E-state index is -0.0161. The standard InChI is InChI=1S/C14H15BrN2O/c1-9-3-5-13(12(15)7-9)18-14-6-4-11(8-17-14)10(2)16/h3-8,10H,16H2,1-2H3. The molecule has 0 radical (unpaired) electrons. The molecular weight excluding hydrogens is 292 g/mol. The normalized spacial score (nSPS) is 12.2. The van der Waals surface area contributed by atoms with Crippen LogP contribution in [-0.2, 0) is 0 Å². The zero-order valence-electron chi connectivity index (χ0n) is 10.4. The SMILES string of the molecule is Cc1ccc(Oc2ccc(C(C)N)cn2)c(Br)c1.